The smallest absolute Gasteiger partial charge is 0.244 e. The van der Waals surface area contributed by atoms with E-state index in [0.717, 1.165) is 22.9 Å². The molecule has 0 aliphatic rings. The maximum absolute atomic E-state index is 12.7. The topological polar surface area (TPSA) is 66.5 Å². The van der Waals surface area contributed by atoms with E-state index in [9.17, 15) is 13.2 Å². The van der Waals surface area contributed by atoms with Crippen molar-refractivity contribution in [3.8, 4) is 0 Å². The average Bonchev–Trinajstić information content (AvgIpc) is 2.60. The normalized spacial score (nSPS) is 12.5. The number of nitrogens with one attached hydrogen (secondary N) is 1. The Labute approximate surface area is 156 Å². The van der Waals surface area contributed by atoms with Gasteiger partial charge in [-0.25, -0.2) is 8.42 Å². The van der Waals surface area contributed by atoms with Crippen molar-refractivity contribution >= 4 is 21.6 Å². The van der Waals surface area contributed by atoms with E-state index >= 15 is 0 Å². The van der Waals surface area contributed by atoms with Gasteiger partial charge in [-0.3, -0.25) is 9.10 Å². The largest absolute Gasteiger partial charge is 0.350 e. The third-order valence-corrected chi connectivity index (χ3v) is 5.56. The minimum absolute atomic E-state index is 0.306. The fourth-order valence-corrected chi connectivity index (χ4v) is 4.03. The van der Waals surface area contributed by atoms with Crippen LogP contribution in [0.1, 0.15) is 30.0 Å². The molecule has 5 nitrogen and oxygen atoms in total. The van der Waals surface area contributed by atoms with Crippen LogP contribution in [-0.4, -0.2) is 26.6 Å². The number of hydrogen-bond donors (Lipinski definition) is 1. The van der Waals surface area contributed by atoms with Gasteiger partial charge in [0.05, 0.1) is 11.9 Å². The quantitative estimate of drug-likeness (QED) is 0.809. The first-order valence-corrected chi connectivity index (χ1v) is 10.5. The summed E-state index contributed by atoms with van der Waals surface area (Å²) in [7, 11) is -3.61. The van der Waals surface area contributed by atoms with Gasteiger partial charge >= 0.3 is 0 Å². The van der Waals surface area contributed by atoms with E-state index in [1.165, 1.54) is 4.31 Å². The number of amides is 1. The van der Waals surface area contributed by atoms with E-state index in [2.05, 4.69) is 5.32 Å². The summed E-state index contributed by atoms with van der Waals surface area (Å²) in [6, 6.07) is 14.2. The minimum Gasteiger partial charge on any atom is -0.350 e. The predicted octanol–water partition coefficient (Wildman–Crippen LogP) is 3.16. The summed E-state index contributed by atoms with van der Waals surface area (Å²) in [5, 5.41) is 2.85. The van der Waals surface area contributed by atoms with Crippen LogP contribution in [0.2, 0.25) is 0 Å². The van der Waals surface area contributed by atoms with Gasteiger partial charge in [0.25, 0.3) is 0 Å². The van der Waals surface area contributed by atoms with Crippen LogP contribution in [0.5, 0.6) is 0 Å². The van der Waals surface area contributed by atoms with E-state index in [0.29, 0.717) is 18.7 Å². The summed E-state index contributed by atoms with van der Waals surface area (Å²) in [6.07, 6.45) is 1.51. The number of sulfonamides is 1. The van der Waals surface area contributed by atoms with E-state index < -0.39 is 16.1 Å². The maximum Gasteiger partial charge on any atom is 0.244 e. The van der Waals surface area contributed by atoms with Crippen molar-refractivity contribution < 1.29 is 13.2 Å². The molecule has 1 N–H and O–H groups in total. The van der Waals surface area contributed by atoms with Crippen LogP contribution in [-0.2, 0) is 21.4 Å². The van der Waals surface area contributed by atoms with Crippen LogP contribution in [0.4, 0.5) is 5.69 Å². The van der Waals surface area contributed by atoms with Crippen molar-refractivity contribution in [2.75, 3.05) is 10.6 Å². The highest BCUT2D eigenvalue weighted by Crippen LogP contribution is 2.25. The second-order valence-electron chi connectivity index (χ2n) is 6.45. The van der Waals surface area contributed by atoms with Gasteiger partial charge in [-0.05, 0) is 49.1 Å². The zero-order valence-electron chi connectivity index (χ0n) is 15.7. The van der Waals surface area contributed by atoms with Crippen LogP contribution in [0.15, 0.2) is 48.5 Å². The van der Waals surface area contributed by atoms with E-state index in [4.69, 9.17) is 0 Å². The molecule has 0 aliphatic heterocycles. The van der Waals surface area contributed by atoms with Gasteiger partial charge in [0.1, 0.15) is 6.04 Å². The fraction of sp³-hybridized carbons (Fsp3) is 0.350. The molecule has 2 aromatic carbocycles. The number of carbonyl (C=O) groups is 1. The third-order valence-electron chi connectivity index (χ3n) is 4.38. The molecule has 6 heteroatoms. The highest BCUT2D eigenvalue weighted by Gasteiger charge is 2.31. The molecule has 1 amide bonds. The zero-order valence-corrected chi connectivity index (χ0v) is 16.5. The van der Waals surface area contributed by atoms with Crippen molar-refractivity contribution in [1.82, 2.24) is 5.32 Å². The summed E-state index contributed by atoms with van der Waals surface area (Å²) < 4.78 is 26.1. The van der Waals surface area contributed by atoms with E-state index in [1.807, 2.05) is 63.2 Å². The Morgan fingerprint density at radius 3 is 2.27 bits per heavy atom. The Hall–Kier alpha value is -2.34. The Balaban J connectivity index is 2.29. The SMILES string of the molecule is CC[C@@H](C(=O)NCc1ccccc1)N(c1ccc(C)c(C)c1)S(C)(=O)=O. The van der Waals surface area contributed by atoms with E-state index in [-0.39, 0.29) is 5.91 Å². The monoisotopic (exact) mass is 374 g/mol. The van der Waals surface area contributed by atoms with Gasteiger partial charge in [-0.1, -0.05) is 43.3 Å². The van der Waals surface area contributed by atoms with Crippen LogP contribution < -0.4 is 9.62 Å². The van der Waals surface area contributed by atoms with Gasteiger partial charge in [0, 0.05) is 6.54 Å². The van der Waals surface area contributed by atoms with Crippen LogP contribution in [0.25, 0.3) is 0 Å². The predicted molar refractivity (Wildman–Crippen MR) is 106 cm³/mol. The number of rotatable bonds is 7. The maximum atomic E-state index is 12.7. The minimum atomic E-state index is -3.61. The molecular formula is C20H26N2O3S. The summed E-state index contributed by atoms with van der Waals surface area (Å²) in [4.78, 5) is 12.7. The highest BCUT2D eigenvalue weighted by atomic mass is 32.2. The molecule has 140 valence electrons. The lowest BCUT2D eigenvalue weighted by Crippen LogP contribution is -2.49. The highest BCUT2D eigenvalue weighted by molar-refractivity contribution is 7.92. The molecule has 26 heavy (non-hydrogen) atoms. The molecular weight excluding hydrogens is 348 g/mol. The van der Waals surface area contributed by atoms with Gasteiger partial charge in [-0.15, -0.1) is 0 Å². The van der Waals surface area contributed by atoms with Gasteiger partial charge in [-0.2, -0.15) is 0 Å². The third kappa shape index (κ3) is 4.85. The molecule has 0 aliphatic carbocycles. The first-order chi connectivity index (χ1) is 12.2. The second-order valence-corrected chi connectivity index (χ2v) is 8.31. The lowest BCUT2D eigenvalue weighted by atomic mass is 10.1. The van der Waals surface area contributed by atoms with Crippen molar-refractivity contribution in [2.45, 2.75) is 39.8 Å². The number of nitrogens with zero attached hydrogens (tertiary/aromatic N) is 1. The Morgan fingerprint density at radius 2 is 1.73 bits per heavy atom. The average molecular weight is 375 g/mol. The Bertz CT molecular complexity index is 864. The molecule has 0 radical (unpaired) electrons. The standard InChI is InChI=1S/C20H26N2O3S/c1-5-19(20(23)21-14-17-9-7-6-8-10-17)22(26(4,24)25)18-12-11-15(2)16(3)13-18/h6-13,19H,5,14H2,1-4H3,(H,21,23)/t19-/m0/s1. The molecule has 2 rings (SSSR count). The number of carbonyl (C=O) groups excluding carboxylic acids is 1. The molecule has 0 fully saturated rings. The summed E-state index contributed by atoms with van der Waals surface area (Å²) in [6.45, 7) is 6.07. The van der Waals surface area contributed by atoms with Gasteiger partial charge in [0.2, 0.25) is 15.9 Å². The first-order valence-electron chi connectivity index (χ1n) is 8.62. The van der Waals surface area contributed by atoms with Gasteiger partial charge in [0.15, 0.2) is 0 Å². The van der Waals surface area contributed by atoms with Crippen LogP contribution in [0, 0.1) is 13.8 Å². The van der Waals surface area contributed by atoms with Crippen LogP contribution >= 0.6 is 0 Å². The molecule has 1 atom stereocenters. The number of aryl methyl sites for hydroxylation is 2. The van der Waals surface area contributed by atoms with Crippen molar-refractivity contribution in [1.29, 1.82) is 0 Å². The molecule has 0 unspecified atom stereocenters. The van der Waals surface area contributed by atoms with Crippen LogP contribution in [0.3, 0.4) is 0 Å². The lowest BCUT2D eigenvalue weighted by Gasteiger charge is -2.30. The van der Waals surface area contributed by atoms with E-state index in [1.54, 1.807) is 6.07 Å². The second kappa shape index (κ2) is 8.36. The number of hydrogen-bond acceptors (Lipinski definition) is 3. The zero-order chi connectivity index (χ0) is 19.3. The summed E-state index contributed by atoms with van der Waals surface area (Å²) >= 11 is 0. The summed E-state index contributed by atoms with van der Waals surface area (Å²) in [5.41, 5.74) is 3.53. The Kier molecular flexibility index (Phi) is 6.42. The number of benzene rings is 2. The molecule has 0 aromatic heterocycles. The number of anilines is 1. The lowest BCUT2D eigenvalue weighted by molar-refractivity contribution is -0.122. The first kappa shape index (κ1) is 20.0. The van der Waals surface area contributed by atoms with Crippen molar-refractivity contribution in [3.05, 3.63) is 65.2 Å². The molecule has 2 aromatic rings. The van der Waals surface area contributed by atoms with Crippen molar-refractivity contribution in [2.24, 2.45) is 0 Å². The molecule has 0 heterocycles. The Morgan fingerprint density at radius 1 is 1.08 bits per heavy atom. The molecule has 0 spiro atoms. The van der Waals surface area contributed by atoms with Crippen molar-refractivity contribution in [3.63, 3.8) is 0 Å². The molecule has 0 bridgehead atoms. The van der Waals surface area contributed by atoms with Gasteiger partial charge < -0.3 is 5.32 Å². The fourth-order valence-electron chi connectivity index (χ4n) is 2.83. The molecule has 0 saturated heterocycles. The molecule has 0 saturated carbocycles. The summed E-state index contributed by atoms with van der Waals surface area (Å²) in [5.74, 6) is -0.306.